The lowest BCUT2D eigenvalue weighted by Gasteiger charge is -2.43. The summed E-state index contributed by atoms with van der Waals surface area (Å²) < 4.78 is 1.97. The Kier molecular flexibility index (Phi) is 7.41. The Bertz CT molecular complexity index is 1380. The van der Waals surface area contributed by atoms with E-state index in [1.165, 1.54) is 23.0 Å². The lowest BCUT2D eigenvalue weighted by molar-refractivity contribution is -0.133. The van der Waals surface area contributed by atoms with Crippen molar-refractivity contribution in [1.82, 2.24) is 14.7 Å². The minimum absolute atomic E-state index is 0.0762. The predicted octanol–water partition coefficient (Wildman–Crippen LogP) is 6.15. The number of anilines is 1. The zero-order valence-electron chi connectivity index (χ0n) is 23.4. The summed E-state index contributed by atoms with van der Waals surface area (Å²) in [5.74, 6) is 0.0762. The molecular weight excluding hydrogens is 487 g/mol. The van der Waals surface area contributed by atoms with Crippen LogP contribution >= 0.6 is 11.3 Å². The molecule has 0 unspecified atom stereocenters. The molecule has 3 aromatic rings. The zero-order chi connectivity index (χ0) is 27.0. The third kappa shape index (κ3) is 4.77. The van der Waals surface area contributed by atoms with Gasteiger partial charge in [-0.25, -0.2) is 0 Å². The van der Waals surface area contributed by atoms with Crippen LogP contribution < -0.4 is 10.4 Å². The molecular formula is C31H38BN4OS. The number of likely N-dealkylation sites (tertiary alicyclic amines) is 1. The number of hydrogen-bond donors (Lipinski definition) is 0. The SMILES string of the molecule is C=C(C(=O)N1CCCCC1(C)C)C1=C(N(C)c2ccsc2)c2cc(-c3cnn(CC)c3)c([B]C)cc2CC1. The lowest BCUT2D eigenvalue weighted by atomic mass is 9.68. The number of aromatic nitrogens is 2. The molecule has 3 heterocycles. The maximum atomic E-state index is 14.0. The highest BCUT2D eigenvalue weighted by Crippen LogP contribution is 2.41. The van der Waals surface area contributed by atoms with E-state index in [1.807, 2.05) is 10.9 Å². The normalized spacial score (nSPS) is 16.8. The molecule has 7 heteroatoms. The first-order chi connectivity index (χ1) is 18.2. The van der Waals surface area contributed by atoms with Gasteiger partial charge in [-0.05, 0) is 87.1 Å². The van der Waals surface area contributed by atoms with E-state index in [4.69, 9.17) is 0 Å². The Morgan fingerprint density at radius 2 is 2.05 bits per heavy atom. The standard InChI is InChI=1S/C31H38BN4OS/c1-7-35-19-23(18-33-35)26-17-27-22(16-28(26)32-5)10-11-25(29(27)34(6)24-12-15-38-20-24)21(2)30(37)36-14-9-8-13-31(36,3)4/h12,15-20H,2,7-11,13-14H2,1,3-6H3. The third-order valence-electron chi connectivity index (χ3n) is 8.29. The number of fused-ring (bicyclic) bond motifs is 1. The molecule has 1 amide bonds. The fraction of sp³-hybridized carbons (Fsp3) is 0.419. The number of thiophene rings is 1. The number of carbonyl (C=O) groups excluding carboxylic acids is 1. The Balaban J connectivity index is 1.66. The van der Waals surface area contributed by atoms with Crippen LogP contribution in [0.5, 0.6) is 0 Å². The van der Waals surface area contributed by atoms with Crippen molar-refractivity contribution >= 4 is 41.4 Å². The van der Waals surface area contributed by atoms with Crippen LogP contribution in [0.15, 0.2) is 59.1 Å². The van der Waals surface area contributed by atoms with Gasteiger partial charge in [0.15, 0.2) is 0 Å². The largest absolute Gasteiger partial charge is 0.343 e. The molecule has 1 aromatic carbocycles. The summed E-state index contributed by atoms with van der Waals surface area (Å²) in [6, 6.07) is 6.77. The number of carbonyl (C=O) groups is 1. The number of benzene rings is 1. The number of amides is 1. The van der Waals surface area contributed by atoms with Gasteiger partial charge in [-0.2, -0.15) is 16.4 Å². The molecule has 0 atom stereocenters. The van der Waals surface area contributed by atoms with E-state index >= 15 is 0 Å². The topological polar surface area (TPSA) is 41.4 Å². The van der Waals surface area contributed by atoms with Crippen molar-refractivity contribution in [3.8, 4) is 11.1 Å². The van der Waals surface area contributed by atoms with E-state index in [-0.39, 0.29) is 11.4 Å². The van der Waals surface area contributed by atoms with Gasteiger partial charge in [-0.1, -0.05) is 24.9 Å². The average molecular weight is 526 g/mol. The first-order valence-corrected chi connectivity index (χ1v) is 14.7. The maximum absolute atomic E-state index is 14.0. The summed E-state index contributed by atoms with van der Waals surface area (Å²) in [4.78, 5) is 18.3. The second kappa shape index (κ2) is 10.6. The average Bonchev–Trinajstić information content (AvgIpc) is 3.63. The Labute approximate surface area is 232 Å². The maximum Gasteiger partial charge on any atom is 0.254 e. The second-order valence-corrected chi connectivity index (χ2v) is 11.8. The molecule has 2 aliphatic rings. The van der Waals surface area contributed by atoms with Gasteiger partial charge in [0.05, 0.1) is 17.6 Å². The number of aryl methyl sites for hydroxylation is 2. The number of hydrogen-bond acceptors (Lipinski definition) is 4. The van der Waals surface area contributed by atoms with Crippen LogP contribution in [0.4, 0.5) is 5.69 Å². The molecule has 2 aromatic heterocycles. The van der Waals surface area contributed by atoms with Gasteiger partial charge in [0.2, 0.25) is 0 Å². The minimum atomic E-state index is -0.150. The molecule has 0 bridgehead atoms. The van der Waals surface area contributed by atoms with Crippen molar-refractivity contribution in [1.29, 1.82) is 0 Å². The van der Waals surface area contributed by atoms with Gasteiger partial charge in [-0.15, -0.1) is 0 Å². The molecule has 0 N–H and O–H groups in total. The zero-order valence-corrected chi connectivity index (χ0v) is 24.2. The first kappa shape index (κ1) is 26.5. The quantitative estimate of drug-likeness (QED) is 0.275. The summed E-state index contributed by atoms with van der Waals surface area (Å²) >= 11 is 1.69. The smallest absolute Gasteiger partial charge is 0.254 e. The Morgan fingerprint density at radius 1 is 1.24 bits per heavy atom. The Hall–Kier alpha value is -3.06. The molecule has 38 heavy (non-hydrogen) atoms. The van der Waals surface area contributed by atoms with E-state index in [1.54, 1.807) is 11.3 Å². The van der Waals surface area contributed by atoms with E-state index < -0.39 is 0 Å². The van der Waals surface area contributed by atoms with Crippen LogP contribution in [0, 0.1) is 0 Å². The molecule has 1 aliphatic heterocycles. The molecule has 5 nitrogen and oxygen atoms in total. The van der Waals surface area contributed by atoms with Gasteiger partial charge in [0.1, 0.15) is 7.28 Å². The fourth-order valence-electron chi connectivity index (χ4n) is 5.98. The van der Waals surface area contributed by atoms with Crippen LogP contribution in [0.25, 0.3) is 16.8 Å². The molecule has 5 rings (SSSR count). The highest BCUT2D eigenvalue weighted by molar-refractivity contribution is 7.08. The van der Waals surface area contributed by atoms with Crippen molar-refractivity contribution in [2.75, 3.05) is 18.5 Å². The summed E-state index contributed by atoms with van der Waals surface area (Å²) in [5.41, 5.74) is 9.73. The molecule has 0 saturated carbocycles. The van der Waals surface area contributed by atoms with Gasteiger partial charge in [0.25, 0.3) is 5.91 Å². The van der Waals surface area contributed by atoms with Gasteiger partial charge < -0.3 is 9.80 Å². The first-order valence-electron chi connectivity index (χ1n) is 13.7. The van der Waals surface area contributed by atoms with Crippen LogP contribution in [-0.2, 0) is 17.8 Å². The van der Waals surface area contributed by atoms with Crippen molar-refractivity contribution < 1.29 is 4.79 Å². The van der Waals surface area contributed by atoms with Crippen LogP contribution in [0.2, 0.25) is 6.82 Å². The van der Waals surface area contributed by atoms with E-state index in [9.17, 15) is 4.79 Å². The van der Waals surface area contributed by atoms with Gasteiger partial charge >= 0.3 is 0 Å². The molecule has 0 spiro atoms. The Morgan fingerprint density at radius 3 is 2.71 bits per heavy atom. The highest BCUT2D eigenvalue weighted by Gasteiger charge is 2.36. The molecule has 1 aliphatic carbocycles. The fourth-order valence-corrected chi connectivity index (χ4v) is 6.66. The molecule has 1 radical (unpaired) electrons. The minimum Gasteiger partial charge on any atom is -0.343 e. The highest BCUT2D eigenvalue weighted by atomic mass is 32.1. The van der Waals surface area contributed by atoms with Crippen LogP contribution in [-0.4, -0.2) is 47.0 Å². The summed E-state index contributed by atoms with van der Waals surface area (Å²) in [7, 11) is 4.30. The molecule has 197 valence electrons. The lowest BCUT2D eigenvalue weighted by Crippen LogP contribution is -2.51. The van der Waals surface area contributed by atoms with E-state index in [0.29, 0.717) is 5.57 Å². The number of nitrogens with zero attached hydrogens (tertiary/aromatic N) is 4. The number of rotatable bonds is 7. The summed E-state index contributed by atoms with van der Waals surface area (Å²) in [6.07, 6.45) is 9.00. The summed E-state index contributed by atoms with van der Waals surface area (Å²) in [6.45, 7) is 14.6. The van der Waals surface area contributed by atoms with E-state index in [2.05, 4.69) is 98.6 Å². The monoisotopic (exact) mass is 525 g/mol. The van der Waals surface area contributed by atoms with Gasteiger partial charge in [0, 0.05) is 54.0 Å². The van der Waals surface area contributed by atoms with Crippen molar-refractivity contribution in [3.63, 3.8) is 0 Å². The van der Waals surface area contributed by atoms with Crippen molar-refractivity contribution in [3.05, 3.63) is 70.2 Å². The number of piperidine rings is 1. The van der Waals surface area contributed by atoms with Gasteiger partial charge in [-0.3, -0.25) is 9.48 Å². The summed E-state index contributed by atoms with van der Waals surface area (Å²) in [5, 5.41) is 8.81. The van der Waals surface area contributed by atoms with E-state index in [0.717, 1.165) is 66.9 Å². The third-order valence-corrected chi connectivity index (χ3v) is 8.96. The second-order valence-electron chi connectivity index (χ2n) is 11.0. The molecule has 1 fully saturated rings. The van der Waals surface area contributed by atoms with Crippen LogP contribution in [0.1, 0.15) is 57.6 Å². The molecule has 1 saturated heterocycles. The predicted molar refractivity (Wildman–Crippen MR) is 161 cm³/mol. The van der Waals surface area contributed by atoms with Crippen molar-refractivity contribution in [2.24, 2.45) is 0 Å². The van der Waals surface area contributed by atoms with Crippen molar-refractivity contribution in [2.45, 2.75) is 71.8 Å². The van der Waals surface area contributed by atoms with Crippen LogP contribution in [0.3, 0.4) is 0 Å².